The van der Waals surface area contributed by atoms with E-state index >= 15 is 0 Å². The Morgan fingerprint density at radius 1 is 1.28 bits per heavy atom. The molecule has 158 valence electrons. The quantitative estimate of drug-likeness (QED) is 0.542. The van der Waals surface area contributed by atoms with Crippen molar-refractivity contribution in [1.29, 1.82) is 0 Å². The normalized spacial score (nSPS) is 19.8. The highest BCUT2D eigenvalue weighted by atomic mass is 28.3. The molecule has 2 aliphatic rings. The van der Waals surface area contributed by atoms with Gasteiger partial charge >= 0.3 is 6.09 Å². The van der Waals surface area contributed by atoms with Crippen LogP contribution in [0.15, 0.2) is 24.3 Å². The lowest BCUT2D eigenvalue weighted by atomic mass is 9.94. The Morgan fingerprint density at radius 2 is 2.03 bits per heavy atom. The van der Waals surface area contributed by atoms with E-state index in [1.165, 1.54) is 4.90 Å². The lowest BCUT2D eigenvalue weighted by Crippen LogP contribution is -2.38. The van der Waals surface area contributed by atoms with Crippen molar-refractivity contribution in [3.63, 3.8) is 0 Å². The fourth-order valence-corrected chi connectivity index (χ4v) is 4.51. The third-order valence-corrected chi connectivity index (χ3v) is 7.23. The zero-order valence-electron chi connectivity index (χ0n) is 17.9. The fourth-order valence-electron chi connectivity index (χ4n) is 3.76. The zero-order valence-corrected chi connectivity index (χ0v) is 18.9. The highest BCUT2D eigenvalue weighted by Crippen LogP contribution is 2.34. The Bertz CT molecular complexity index is 816. The second kappa shape index (κ2) is 8.71. The molecule has 0 unspecified atom stereocenters. The topological polar surface area (TPSA) is 70.1 Å². The Morgan fingerprint density at radius 3 is 2.72 bits per heavy atom. The van der Waals surface area contributed by atoms with Crippen LogP contribution in [0.2, 0.25) is 25.7 Å². The van der Waals surface area contributed by atoms with E-state index in [2.05, 4.69) is 26.6 Å². The molecule has 2 aliphatic heterocycles. The van der Waals surface area contributed by atoms with Gasteiger partial charge in [-0.15, -0.1) is 0 Å². The minimum atomic E-state index is -1.17. The van der Waals surface area contributed by atoms with Gasteiger partial charge in [-0.2, -0.15) is 0 Å². The number of hydrogen-bond donors (Lipinski definition) is 1. The highest BCUT2D eigenvalue weighted by molar-refractivity contribution is 6.76. The number of carboxylic acid groups (broad SMARTS) is 1. The molecular weight excluding hydrogens is 384 g/mol. The summed E-state index contributed by atoms with van der Waals surface area (Å²) in [5.41, 5.74) is 3.59. The van der Waals surface area contributed by atoms with Crippen LogP contribution in [0.3, 0.4) is 0 Å². The van der Waals surface area contributed by atoms with E-state index < -0.39 is 14.2 Å². The van der Waals surface area contributed by atoms with Crippen molar-refractivity contribution in [3.05, 3.63) is 35.4 Å². The number of ether oxygens (including phenoxy) is 1. The first-order chi connectivity index (χ1) is 13.7. The van der Waals surface area contributed by atoms with Gasteiger partial charge in [0.25, 0.3) is 0 Å². The molecule has 3 rings (SSSR count). The molecule has 2 amide bonds. The van der Waals surface area contributed by atoms with Crippen LogP contribution >= 0.6 is 0 Å². The molecule has 1 aromatic rings. The summed E-state index contributed by atoms with van der Waals surface area (Å²) in [6.07, 6.45) is 3.07. The maximum Gasteiger partial charge on any atom is 0.411 e. The number of aryl methyl sites for hydroxylation is 1. The second-order valence-electron chi connectivity index (χ2n) is 9.34. The number of rotatable bonds is 6. The third kappa shape index (κ3) is 5.28. The average molecular weight is 417 g/mol. The van der Waals surface area contributed by atoms with Crippen LogP contribution in [0, 0.1) is 5.92 Å². The first-order valence-corrected chi connectivity index (χ1v) is 14.1. The summed E-state index contributed by atoms with van der Waals surface area (Å²) < 4.78 is 5.83. The summed E-state index contributed by atoms with van der Waals surface area (Å²) in [4.78, 5) is 27.3. The van der Waals surface area contributed by atoms with E-state index in [1.807, 2.05) is 24.3 Å². The first kappa shape index (κ1) is 21.6. The largest absolute Gasteiger partial charge is 0.465 e. The van der Waals surface area contributed by atoms with Crippen molar-refractivity contribution >= 4 is 31.5 Å². The van der Waals surface area contributed by atoms with Gasteiger partial charge in [0.2, 0.25) is 5.91 Å². The predicted octanol–water partition coefficient (Wildman–Crippen LogP) is 4.64. The molecule has 1 N–H and O–H groups in total. The average Bonchev–Trinajstić information content (AvgIpc) is 2.65. The molecule has 6 nitrogen and oxygen atoms in total. The van der Waals surface area contributed by atoms with Crippen LogP contribution < -0.4 is 4.90 Å². The number of fused-ring (bicyclic) bond motifs is 1. The number of allylic oxidation sites excluding steroid dienone is 1. The number of nitrogens with zero attached hydrogens (tertiary/aromatic N) is 2. The van der Waals surface area contributed by atoms with E-state index in [0.29, 0.717) is 31.9 Å². The van der Waals surface area contributed by atoms with Gasteiger partial charge in [0.15, 0.2) is 0 Å². The smallest absolute Gasteiger partial charge is 0.411 e. The van der Waals surface area contributed by atoms with E-state index in [9.17, 15) is 14.7 Å². The number of benzene rings is 1. The van der Waals surface area contributed by atoms with Gasteiger partial charge in [0.05, 0.1) is 5.70 Å². The van der Waals surface area contributed by atoms with Crippen LogP contribution in [0.25, 0.3) is 5.70 Å². The Balaban J connectivity index is 1.78. The van der Waals surface area contributed by atoms with Crippen LogP contribution in [0.4, 0.5) is 10.5 Å². The molecule has 0 saturated carbocycles. The minimum absolute atomic E-state index is 0.0797. The highest BCUT2D eigenvalue weighted by Gasteiger charge is 2.28. The maximum atomic E-state index is 12.5. The molecule has 0 radical (unpaired) electrons. The standard InChI is InChI=1S/C22H32N2O4Si/c1-16-5-8-19(23(14-16)22(26)27)17-6-9-20-18(13-17)7-10-21(25)24(20)15-28-11-12-29(2,3)4/h6,8-9,13,16H,5,7,10-12,14-15H2,1-4H3,(H,26,27)/t16-/m0/s1. The number of hydrogen-bond acceptors (Lipinski definition) is 3. The summed E-state index contributed by atoms with van der Waals surface area (Å²) in [6, 6.07) is 6.96. The Labute approximate surface area is 174 Å². The number of carbonyl (C=O) groups excluding carboxylic acids is 1. The van der Waals surface area contributed by atoms with Gasteiger partial charge in [-0.25, -0.2) is 4.79 Å². The van der Waals surface area contributed by atoms with Crippen molar-refractivity contribution in [2.24, 2.45) is 5.92 Å². The molecule has 0 aromatic heterocycles. The lowest BCUT2D eigenvalue weighted by Gasteiger charge is -2.32. The van der Waals surface area contributed by atoms with Gasteiger partial charge in [0, 0.05) is 33.3 Å². The van der Waals surface area contributed by atoms with Crippen molar-refractivity contribution in [2.45, 2.75) is 51.9 Å². The first-order valence-electron chi connectivity index (χ1n) is 10.4. The Hall–Kier alpha value is -2.12. The SMILES string of the molecule is C[C@H]1CC=C(c2ccc3c(c2)CCC(=O)N3COCC[Si](C)(C)C)N(C(=O)O)C1. The van der Waals surface area contributed by atoms with E-state index in [0.717, 1.165) is 35.0 Å². The molecule has 0 fully saturated rings. The van der Waals surface area contributed by atoms with Gasteiger partial charge in [-0.1, -0.05) is 38.7 Å². The molecular formula is C22H32N2O4Si. The van der Waals surface area contributed by atoms with Crippen LogP contribution in [-0.4, -0.2) is 50.0 Å². The predicted molar refractivity (Wildman–Crippen MR) is 118 cm³/mol. The van der Waals surface area contributed by atoms with Gasteiger partial charge < -0.3 is 9.84 Å². The van der Waals surface area contributed by atoms with Gasteiger partial charge in [-0.05, 0) is 48.1 Å². The summed E-state index contributed by atoms with van der Waals surface area (Å²) in [5.74, 6) is 0.394. The van der Waals surface area contributed by atoms with E-state index in [1.54, 1.807) is 4.90 Å². The molecule has 7 heteroatoms. The summed E-state index contributed by atoms with van der Waals surface area (Å²) in [6.45, 7) is 10.4. The fraction of sp³-hybridized carbons (Fsp3) is 0.545. The molecule has 1 atom stereocenters. The molecule has 0 aliphatic carbocycles. The molecule has 29 heavy (non-hydrogen) atoms. The molecule has 0 bridgehead atoms. The summed E-state index contributed by atoms with van der Waals surface area (Å²) in [7, 11) is -1.17. The minimum Gasteiger partial charge on any atom is -0.465 e. The van der Waals surface area contributed by atoms with Gasteiger partial charge in [0.1, 0.15) is 6.73 Å². The number of amides is 2. The second-order valence-corrected chi connectivity index (χ2v) is 15.0. The number of carbonyl (C=O) groups is 2. The Kier molecular flexibility index (Phi) is 6.48. The maximum absolute atomic E-state index is 12.5. The third-order valence-electron chi connectivity index (χ3n) is 5.52. The monoisotopic (exact) mass is 416 g/mol. The lowest BCUT2D eigenvalue weighted by molar-refractivity contribution is -0.120. The van der Waals surface area contributed by atoms with Crippen molar-refractivity contribution in [3.8, 4) is 0 Å². The molecule has 0 saturated heterocycles. The molecule has 0 spiro atoms. The molecule has 1 aromatic carbocycles. The van der Waals surface area contributed by atoms with E-state index in [4.69, 9.17) is 4.74 Å². The van der Waals surface area contributed by atoms with Crippen molar-refractivity contribution < 1.29 is 19.4 Å². The number of anilines is 1. The van der Waals surface area contributed by atoms with Crippen molar-refractivity contribution in [1.82, 2.24) is 4.90 Å². The van der Waals surface area contributed by atoms with Gasteiger partial charge in [-0.3, -0.25) is 14.6 Å². The van der Waals surface area contributed by atoms with E-state index in [-0.39, 0.29) is 12.6 Å². The summed E-state index contributed by atoms with van der Waals surface area (Å²) in [5, 5.41) is 9.60. The van der Waals surface area contributed by atoms with Crippen molar-refractivity contribution in [2.75, 3.05) is 24.8 Å². The zero-order chi connectivity index (χ0) is 21.2. The van der Waals surface area contributed by atoms with Crippen LogP contribution in [-0.2, 0) is 16.0 Å². The molecule has 2 heterocycles. The van der Waals surface area contributed by atoms with Crippen LogP contribution in [0.5, 0.6) is 0 Å². The van der Waals surface area contributed by atoms with Crippen LogP contribution in [0.1, 0.15) is 30.9 Å². The summed E-state index contributed by atoms with van der Waals surface area (Å²) >= 11 is 0.